The minimum absolute atomic E-state index is 0.120. The fourth-order valence-corrected chi connectivity index (χ4v) is 8.41. The van der Waals surface area contributed by atoms with Gasteiger partial charge in [-0.3, -0.25) is 19.3 Å². The normalized spacial score (nSPS) is 25.4. The van der Waals surface area contributed by atoms with E-state index in [1.54, 1.807) is 78.9 Å². The van der Waals surface area contributed by atoms with E-state index in [1.165, 1.54) is 0 Å². The first-order valence-corrected chi connectivity index (χ1v) is 15.2. The van der Waals surface area contributed by atoms with E-state index >= 15 is 0 Å². The summed E-state index contributed by atoms with van der Waals surface area (Å²) >= 11 is 21.2. The van der Waals surface area contributed by atoms with Crippen LogP contribution in [-0.4, -0.2) is 28.7 Å². The summed E-state index contributed by atoms with van der Waals surface area (Å²) in [6, 6.07) is 24.0. The SMILES string of the molecule is O=C(Nc1cc(C(F)(F)F)ccc1Cl)[C@@H](Cc1ccccc1)N1C(=O)[C@@H]2[C@H](C1=O)C1(Cl)c3ccccc3C2(Cl)c2ccccc21. The molecule has 1 aliphatic heterocycles. The number of carbonyl (C=O) groups excluding carboxylic acids is 3. The molecular formula is C34H22Cl3F3N2O3. The maximum absolute atomic E-state index is 14.6. The molecule has 0 saturated carbocycles. The molecule has 1 saturated heterocycles. The molecular weight excluding hydrogens is 648 g/mol. The Bertz CT molecular complexity index is 1780. The summed E-state index contributed by atoms with van der Waals surface area (Å²) < 4.78 is 40.5. The Kier molecular flexibility index (Phi) is 6.86. The van der Waals surface area contributed by atoms with Crippen LogP contribution in [0.1, 0.15) is 33.4 Å². The Morgan fingerprint density at radius 1 is 0.778 bits per heavy atom. The van der Waals surface area contributed by atoms with Gasteiger partial charge in [-0.2, -0.15) is 13.2 Å². The molecule has 4 aliphatic rings. The molecule has 0 spiro atoms. The number of anilines is 1. The van der Waals surface area contributed by atoms with Gasteiger partial charge in [0.05, 0.1) is 28.1 Å². The number of likely N-dealkylation sites (tertiary alicyclic amines) is 1. The molecule has 228 valence electrons. The van der Waals surface area contributed by atoms with Crippen molar-refractivity contribution in [2.24, 2.45) is 11.8 Å². The van der Waals surface area contributed by atoms with Crippen LogP contribution in [0.3, 0.4) is 0 Å². The highest BCUT2D eigenvalue weighted by Gasteiger charge is 2.73. The van der Waals surface area contributed by atoms with E-state index in [2.05, 4.69) is 5.32 Å². The van der Waals surface area contributed by atoms with Crippen molar-refractivity contribution in [3.63, 3.8) is 0 Å². The standard InChI is InChI=1S/C34H22Cl3F3N2O3/c35-24-15-14-19(34(38,39)40)17-25(24)41-29(43)26(16-18-8-2-1-3-9-18)42-30(44)27-28(31(42)45)33(37)21-11-5-4-10-20(21)32(27,36)22-12-6-7-13-23(22)33/h1-15,17,26-28H,16H2,(H,41,43)/t26-,27-,28+,32?,33?/m1/s1. The first-order valence-electron chi connectivity index (χ1n) is 14.0. The number of nitrogens with zero attached hydrogens (tertiary/aromatic N) is 1. The van der Waals surface area contributed by atoms with E-state index in [1.807, 2.05) is 0 Å². The number of carbonyl (C=O) groups is 3. The fourth-order valence-electron chi connectivity index (χ4n) is 7.15. The van der Waals surface area contributed by atoms with Gasteiger partial charge in [0.2, 0.25) is 17.7 Å². The fraction of sp³-hybridized carbons (Fsp3) is 0.206. The Hall–Kier alpha value is -3.85. The number of alkyl halides is 5. The summed E-state index contributed by atoms with van der Waals surface area (Å²) in [6.45, 7) is 0. The average molecular weight is 670 g/mol. The molecule has 5 nitrogen and oxygen atoms in total. The van der Waals surface area contributed by atoms with E-state index in [-0.39, 0.29) is 17.1 Å². The van der Waals surface area contributed by atoms with Crippen molar-refractivity contribution in [2.45, 2.75) is 28.4 Å². The number of amides is 3. The summed E-state index contributed by atoms with van der Waals surface area (Å²) in [7, 11) is 0. The molecule has 8 rings (SSSR count). The number of nitrogens with one attached hydrogen (secondary N) is 1. The maximum atomic E-state index is 14.6. The van der Waals surface area contributed by atoms with Gasteiger partial charge in [0.1, 0.15) is 15.8 Å². The quantitative estimate of drug-likeness (QED) is 0.177. The second kappa shape index (κ2) is 10.3. The van der Waals surface area contributed by atoms with Crippen LogP contribution in [0.4, 0.5) is 18.9 Å². The monoisotopic (exact) mass is 668 g/mol. The molecule has 4 aromatic rings. The van der Waals surface area contributed by atoms with Gasteiger partial charge in [0, 0.05) is 6.42 Å². The van der Waals surface area contributed by atoms with Crippen molar-refractivity contribution in [3.05, 3.63) is 135 Å². The molecule has 0 unspecified atom stereocenters. The molecule has 0 radical (unpaired) electrons. The van der Waals surface area contributed by atoms with Crippen LogP contribution in [-0.2, 0) is 36.7 Å². The highest BCUT2D eigenvalue weighted by Crippen LogP contribution is 2.69. The summed E-state index contributed by atoms with van der Waals surface area (Å²) in [5.41, 5.74) is 1.68. The third kappa shape index (κ3) is 4.26. The largest absolute Gasteiger partial charge is 0.416 e. The van der Waals surface area contributed by atoms with Crippen molar-refractivity contribution < 1.29 is 27.6 Å². The summed E-state index contributed by atoms with van der Waals surface area (Å²) in [6.07, 6.45) is -4.82. The molecule has 11 heteroatoms. The van der Waals surface area contributed by atoms with Crippen molar-refractivity contribution >= 4 is 58.2 Å². The molecule has 1 fully saturated rings. The number of benzene rings is 4. The van der Waals surface area contributed by atoms with E-state index in [0.717, 1.165) is 17.0 Å². The zero-order valence-electron chi connectivity index (χ0n) is 23.1. The lowest BCUT2D eigenvalue weighted by Crippen LogP contribution is -2.57. The predicted octanol–water partition coefficient (Wildman–Crippen LogP) is 7.50. The molecule has 45 heavy (non-hydrogen) atoms. The minimum atomic E-state index is -4.70. The topological polar surface area (TPSA) is 66.5 Å². The highest BCUT2D eigenvalue weighted by atomic mass is 35.5. The van der Waals surface area contributed by atoms with Gasteiger partial charge in [-0.05, 0) is 46.0 Å². The smallest absolute Gasteiger partial charge is 0.323 e. The van der Waals surface area contributed by atoms with Crippen LogP contribution >= 0.6 is 34.8 Å². The summed E-state index contributed by atoms with van der Waals surface area (Å²) in [4.78, 5) is 41.1. The third-order valence-electron chi connectivity index (χ3n) is 9.06. The Labute approximate surface area is 270 Å². The second-order valence-corrected chi connectivity index (χ2v) is 13.0. The number of imide groups is 1. The van der Waals surface area contributed by atoms with E-state index in [0.29, 0.717) is 33.9 Å². The van der Waals surface area contributed by atoms with Gasteiger partial charge >= 0.3 is 6.18 Å². The van der Waals surface area contributed by atoms with Crippen LogP contribution in [0.15, 0.2) is 97.1 Å². The van der Waals surface area contributed by atoms with Crippen molar-refractivity contribution in [2.75, 3.05) is 5.32 Å². The number of hydrogen-bond donors (Lipinski definition) is 1. The Balaban J connectivity index is 1.35. The lowest BCUT2D eigenvalue weighted by Gasteiger charge is -2.54. The first kappa shape index (κ1) is 29.8. The van der Waals surface area contributed by atoms with Gasteiger partial charge < -0.3 is 5.32 Å². The molecule has 3 aliphatic carbocycles. The molecule has 1 heterocycles. The van der Waals surface area contributed by atoms with Crippen LogP contribution in [0, 0.1) is 11.8 Å². The molecule has 3 amide bonds. The van der Waals surface area contributed by atoms with E-state index in [4.69, 9.17) is 34.8 Å². The number of halogens is 6. The van der Waals surface area contributed by atoms with E-state index < -0.39 is 57.1 Å². The van der Waals surface area contributed by atoms with Crippen molar-refractivity contribution in [3.8, 4) is 0 Å². The average Bonchev–Trinajstić information content (AvgIpc) is 3.30. The van der Waals surface area contributed by atoms with Crippen LogP contribution in [0.25, 0.3) is 0 Å². The first-order chi connectivity index (χ1) is 21.4. The summed E-state index contributed by atoms with van der Waals surface area (Å²) in [5, 5.41) is 2.30. The van der Waals surface area contributed by atoms with Crippen LogP contribution in [0.5, 0.6) is 0 Å². The Morgan fingerprint density at radius 2 is 1.24 bits per heavy atom. The van der Waals surface area contributed by atoms with Crippen LogP contribution in [0.2, 0.25) is 5.02 Å². The zero-order chi connectivity index (χ0) is 31.9. The van der Waals surface area contributed by atoms with Gasteiger partial charge in [0.25, 0.3) is 0 Å². The maximum Gasteiger partial charge on any atom is 0.416 e. The van der Waals surface area contributed by atoms with Gasteiger partial charge in [-0.25, -0.2) is 0 Å². The van der Waals surface area contributed by atoms with Gasteiger partial charge in [-0.1, -0.05) is 90.5 Å². The second-order valence-electron chi connectivity index (χ2n) is 11.4. The highest BCUT2D eigenvalue weighted by molar-refractivity contribution is 6.36. The number of hydrogen-bond acceptors (Lipinski definition) is 3. The minimum Gasteiger partial charge on any atom is -0.323 e. The molecule has 0 aromatic heterocycles. The lowest BCUT2D eigenvalue weighted by molar-refractivity contribution is -0.146. The van der Waals surface area contributed by atoms with E-state index in [9.17, 15) is 27.6 Å². The Morgan fingerprint density at radius 3 is 1.71 bits per heavy atom. The van der Waals surface area contributed by atoms with Crippen LogP contribution < -0.4 is 5.32 Å². The lowest BCUT2D eigenvalue weighted by atomic mass is 9.54. The molecule has 2 bridgehead atoms. The van der Waals surface area contributed by atoms with Crippen molar-refractivity contribution in [1.82, 2.24) is 4.90 Å². The summed E-state index contributed by atoms with van der Waals surface area (Å²) in [5.74, 6) is -4.59. The molecule has 4 aromatic carbocycles. The van der Waals surface area contributed by atoms with Gasteiger partial charge in [-0.15, -0.1) is 23.2 Å². The number of rotatable bonds is 5. The molecule has 3 atom stereocenters. The predicted molar refractivity (Wildman–Crippen MR) is 164 cm³/mol. The third-order valence-corrected chi connectivity index (χ3v) is 10.7. The van der Waals surface area contributed by atoms with Gasteiger partial charge in [0.15, 0.2) is 0 Å². The molecule has 1 N–H and O–H groups in total. The van der Waals surface area contributed by atoms with Crippen molar-refractivity contribution in [1.29, 1.82) is 0 Å². The zero-order valence-corrected chi connectivity index (χ0v) is 25.4.